The molecular weight excluding hydrogens is 319 g/mol. The van der Waals surface area contributed by atoms with E-state index in [-0.39, 0.29) is 11.0 Å². The van der Waals surface area contributed by atoms with Gasteiger partial charge in [0.15, 0.2) is 0 Å². The van der Waals surface area contributed by atoms with Gasteiger partial charge in [0.2, 0.25) is 10.0 Å². The Bertz CT molecular complexity index is 632. The van der Waals surface area contributed by atoms with Gasteiger partial charge in [-0.1, -0.05) is 12.1 Å². The van der Waals surface area contributed by atoms with Crippen molar-refractivity contribution in [1.82, 2.24) is 9.21 Å². The summed E-state index contributed by atoms with van der Waals surface area (Å²) < 4.78 is 46.2. The number of benzene rings is 1. The molecule has 0 aromatic heterocycles. The van der Waals surface area contributed by atoms with E-state index in [2.05, 4.69) is 4.90 Å². The van der Waals surface area contributed by atoms with Crippen LogP contribution in [0.2, 0.25) is 0 Å². The van der Waals surface area contributed by atoms with E-state index < -0.39 is 15.8 Å². The molecule has 0 bridgehead atoms. The van der Waals surface area contributed by atoms with E-state index in [0.717, 1.165) is 39.0 Å². The Hall–Kier alpha value is -1.02. The Balaban J connectivity index is 1.66. The van der Waals surface area contributed by atoms with Crippen LogP contribution in [0.1, 0.15) is 19.3 Å². The van der Waals surface area contributed by atoms with Gasteiger partial charge in [0, 0.05) is 32.8 Å². The minimum absolute atomic E-state index is 0.229. The van der Waals surface area contributed by atoms with Crippen molar-refractivity contribution in [3.8, 4) is 0 Å². The van der Waals surface area contributed by atoms with E-state index in [0.29, 0.717) is 19.6 Å². The molecule has 1 aromatic rings. The van der Waals surface area contributed by atoms with Crippen molar-refractivity contribution in [3.05, 3.63) is 30.1 Å². The van der Waals surface area contributed by atoms with Gasteiger partial charge < -0.3 is 4.74 Å². The molecule has 0 radical (unpaired) electrons. The summed E-state index contributed by atoms with van der Waals surface area (Å²) >= 11 is 0. The summed E-state index contributed by atoms with van der Waals surface area (Å²) in [7, 11) is -3.77. The highest BCUT2D eigenvalue weighted by Gasteiger charge is 2.29. The summed E-state index contributed by atoms with van der Waals surface area (Å²) in [5.74, 6) is -0.687. The van der Waals surface area contributed by atoms with E-state index in [9.17, 15) is 12.8 Å². The minimum atomic E-state index is -3.77. The first-order valence-corrected chi connectivity index (χ1v) is 9.60. The fourth-order valence-electron chi connectivity index (χ4n) is 3.24. The normalized spacial score (nSPS) is 24.7. The SMILES string of the molecule is O=S(=O)(c1ccccc1F)N1CCCN(C[C@@H]2CCCO2)CC1. The van der Waals surface area contributed by atoms with Crippen molar-refractivity contribution in [1.29, 1.82) is 0 Å². The quantitative estimate of drug-likeness (QED) is 0.836. The zero-order valence-electron chi connectivity index (χ0n) is 13.2. The van der Waals surface area contributed by atoms with Crippen molar-refractivity contribution < 1.29 is 17.5 Å². The van der Waals surface area contributed by atoms with E-state index in [1.165, 1.54) is 22.5 Å². The standard InChI is InChI=1S/C16H23FN2O3S/c17-15-6-1-2-7-16(15)23(20,21)19-9-4-8-18(10-11-19)13-14-5-3-12-22-14/h1-2,6-7,14H,3-5,8-13H2/t14-/m0/s1. The van der Waals surface area contributed by atoms with Crippen LogP contribution in [0.15, 0.2) is 29.2 Å². The van der Waals surface area contributed by atoms with Crippen molar-refractivity contribution in [2.45, 2.75) is 30.3 Å². The average molecular weight is 342 g/mol. The van der Waals surface area contributed by atoms with Gasteiger partial charge in [-0.15, -0.1) is 0 Å². The molecule has 7 heteroatoms. The predicted molar refractivity (Wildman–Crippen MR) is 85.2 cm³/mol. The van der Waals surface area contributed by atoms with Crippen LogP contribution in [0.5, 0.6) is 0 Å². The monoisotopic (exact) mass is 342 g/mol. The molecule has 2 aliphatic heterocycles. The summed E-state index contributed by atoms with van der Waals surface area (Å²) in [4.78, 5) is 2.03. The summed E-state index contributed by atoms with van der Waals surface area (Å²) in [6, 6.07) is 5.58. The van der Waals surface area contributed by atoms with E-state index in [1.54, 1.807) is 6.07 Å². The smallest absolute Gasteiger partial charge is 0.246 e. The zero-order valence-corrected chi connectivity index (χ0v) is 14.0. The van der Waals surface area contributed by atoms with Gasteiger partial charge in [-0.3, -0.25) is 4.90 Å². The Morgan fingerprint density at radius 1 is 1.13 bits per heavy atom. The summed E-state index contributed by atoms with van der Waals surface area (Å²) in [6.07, 6.45) is 3.20. The first-order valence-electron chi connectivity index (χ1n) is 8.16. The van der Waals surface area contributed by atoms with Crippen LogP contribution >= 0.6 is 0 Å². The van der Waals surface area contributed by atoms with Crippen LogP contribution in [0, 0.1) is 5.82 Å². The minimum Gasteiger partial charge on any atom is -0.377 e. The molecule has 0 spiro atoms. The zero-order chi connectivity index (χ0) is 16.3. The van der Waals surface area contributed by atoms with E-state index in [1.807, 2.05) is 0 Å². The van der Waals surface area contributed by atoms with Gasteiger partial charge in [-0.2, -0.15) is 4.31 Å². The number of rotatable bonds is 4. The maximum atomic E-state index is 13.9. The fourth-order valence-corrected chi connectivity index (χ4v) is 4.77. The highest BCUT2D eigenvalue weighted by Crippen LogP contribution is 2.21. The molecule has 23 heavy (non-hydrogen) atoms. The van der Waals surface area contributed by atoms with Crippen molar-refractivity contribution in [2.24, 2.45) is 0 Å². The lowest BCUT2D eigenvalue weighted by atomic mass is 10.2. The largest absolute Gasteiger partial charge is 0.377 e. The van der Waals surface area contributed by atoms with Crippen LogP contribution in [0.4, 0.5) is 4.39 Å². The fraction of sp³-hybridized carbons (Fsp3) is 0.625. The first-order chi connectivity index (χ1) is 11.1. The molecular formula is C16H23FN2O3S. The van der Waals surface area contributed by atoms with Gasteiger partial charge in [-0.05, 0) is 37.9 Å². The maximum absolute atomic E-state index is 13.9. The first kappa shape index (κ1) is 16.8. The lowest BCUT2D eigenvalue weighted by Crippen LogP contribution is -2.37. The number of ether oxygens (including phenoxy) is 1. The molecule has 0 aliphatic carbocycles. The highest BCUT2D eigenvalue weighted by atomic mass is 32.2. The van der Waals surface area contributed by atoms with Crippen LogP contribution in [-0.4, -0.2) is 63.1 Å². The summed E-state index contributed by atoms with van der Waals surface area (Å²) in [5, 5.41) is 0. The van der Waals surface area contributed by atoms with Crippen molar-refractivity contribution in [3.63, 3.8) is 0 Å². The molecule has 3 rings (SSSR count). The topological polar surface area (TPSA) is 49.9 Å². The predicted octanol–water partition coefficient (Wildman–Crippen LogP) is 1.70. The van der Waals surface area contributed by atoms with Gasteiger partial charge >= 0.3 is 0 Å². The van der Waals surface area contributed by atoms with E-state index >= 15 is 0 Å². The third kappa shape index (κ3) is 3.91. The van der Waals surface area contributed by atoms with Crippen LogP contribution in [0.25, 0.3) is 0 Å². The third-order valence-corrected chi connectivity index (χ3v) is 6.42. The second-order valence-corrected chi connectivity index (χ2v) is 8.03. The molecule has 2 heterocycles. The van der Waals surface area contributed by atoms with Crippen LogP contribution < -0.4 is 0 Å². The molecule has 1 aromatic carbocycles. The molecule has 2 saturated heterocycles. The van der Waals surface area contributed by atoms with E-state index in [4.69, 9.17) is 4.74 Å². The van der Waals surface area contributed by atoms with Gasteiger partial charge in [0.05, 0.1) is 6.10 Å². The van der Waals surface area contributed by atoms with Gasteiger partial charge in [0.25, 0.3) is 0 Å². The highest BCUT2D eigenvalue weighted by molar-refractivity contribution is 7.89. The number of halogens is 1. The third-order valence-electron chi connectivity index (χ3n) is 4.49. The number of sulfonamides is 1. The molecule has 2 fully saturated rings. The molecule has 128 valence electrons. The number of hydrogen-bond acceptors (Lipinski definition) is 4. The summed E-state index contributed by atoms with van der Waals surface area (Å²) in [6.45, 7) is 4.01. The molecule has 2 aliphatic rings. The molecule has 0 N–H and O–H groups in total. The van der Waals surface area contributed by atoms with Gasteiger partial charge in [0.1, 0.15) is 10.7 Å². The summed E-state index contributed by atoms with van der Waals surface area (Å²) in [5.41, 5.74) is 0. The molecule has 1 atom stereocenters. The Morgan fingerprint density at radius 2 is 1.96 bits per heavy atom. The Labute approximate surface area is 137 Å². The number of nitrogens with zero attached hydrogens (tertiary/aromatic N) is 2. The van der Waals surface area contributed by atoms with Crippen molar-refractivity contribution >= 4 is 10.0 Å². The molecule has 5 nitrogen and oxygen atoms in total. The van der Waals surface area contributed by atoms with Crippen LogP contribution in [-0.2, 0) is 14.8 Å². The Morgan fingerprint density at radius 3 is 2.70 bits per heavy atom. The van der Waals surface area contributed by atoms with Crippen molar-refractivity contribution in [2.75, 3.05) is 39.3 Å². The molecule has 0 amide bonds. The second kappa shape index (κ2) is 7.25. The lowest BCUT2D eigenvalue weighted by molar-refractivity contribution is 0.0749. The molecule has 0 saturated carbocycles. The van der Waals surface area contributed by atoms with Crippen LogP contribution in [0.3, 0.4) is 0 Å². The molecule has 0 unspecified atom stereocenters. The second-order valence-electron chi connectivity index (χ2n) is 6.12. The van der Waals surface area contributed by atoms with Gasteiger partial charge in [-0.25, -0.2) is 12.8 Å². The maximum Gasteiger partial charge on any atom is 0.246 e. The average Bonchev–Trinajstić information content (AvgIpc) is 2.91. The number of hydrogen-bond donors (Lipinski definition) is 0. The lowest BCUT2D eigenvalue weighted by Gasteiger charge is -2.24. The Kier molecular flexibility index (Phi) is 5.31.